The number of nitrogens with zero attached hydrogens (tertiary/aromatic N) is 2. The van der Waals surface area contributed by atoms with Crippen LogP contribution in [-0.4, -0.2) is 23.9 Å². The fourth-order valence-electron chi connectivity index (χ4n) is 1.75. The zero-order chi connectivity index (χ0) is 13.9. The van der Waals surface area contributed by atoms with E-state index in [4.69, 9.17) is 0 Å². The molecule has 100 valence electrons. The van der Waals surface area contributed by atoms with Crippen LogP contribution in [0.25, 0.3) is 0 Å². The standard InChI is InChI=1S/C15H24N2O/c1-7-14(18)13-9-8-12(10-16-13)17(6)11(2)15(3,4)5/h8-11H,7H2,1-6H3. The molecule has 0 aromatic carbocycles. The molecule has 0 radical (unpaired) electrons. The second-order valence-electron chi connectivity index (χ2n) is 5.83. The van der Waals surface area contributed by atoms with Gasteiger partial charge in [0.15, 0.2) is 5.78 Å². The van der Waals surface area contributed by atoms with Crippen molar-refractivity contribution in [3.8, 4) is 0 Å². The van der Waals surface area contributed by atoms with Gasteiger partial charge in [-0.25, -0.2) is 0 Å². The maximum absolute atomic E-state index is 11.5. The van der Waals surface area contributed by atoms with Crippen LogP contribution in [0.15, 0.2) is 18.3 Å². The molecule has 0 amide bonds. The molecule has 0 fully saturated rings. The van der Waals surface area contributed by atoms with Gasteiger partial charge in [-0.2, -0.15) is 0 Å². The number of anilines is 1. The normalized spacial score (nSPS) is 13.2. The van der Waals surface area contributed by atoms with E-state index in [0.717, 1.165) is 5.69 Å². The lowest BCUT2D eigenvalue weighted by Gasteiger charge is -2.36. The summed E-state index contributed by atoms with van der Waals surface area (Å²) in [5, 5.41) is 0. The molecule has 0 aliphatic carbocycles. The number of hydrogen-bond acceptors (Lipinski definition) is 3. The average Bonchev–Trinajstić information content (AvgIpc) is 2.35. The highest BCUT2D eigenvalue weighted by Gasteiger charge is 2.24. The molecule has 0 saturated carbocycles. The molecule has 0 bridgehead atoms. The quantitative estimate of drug-likeness (QED) is 0.764. The van der Waals surface area contributed by atoms with Gasteiger partial charge in [0.1, 0.15) is 5.69 Å². The fourth-order valence-corrected chi connectivity index (χ4v) is 1.75. The Balaban J connectivity index is 2.89. The molecule has 0 N–H and O–H groups in total. The second kappa shape index (κ2) is 5.51. The van der Waals surface area contributed by atoms with E-state index in [1.807, 2.05) is 19.1 Å². The third-order valence-electron chi connectivity index (χ3n) is 3.60. The topological polar surface area (TPSA) is 33.2 Å². The van der Waals surface area contributed by atoms with E-state index in [-0.39, 0.29) is 11.2 Å². The van der Waals surface area contributed by atoms with E-state index in [0.29, 0.717) is 18.2 Å². The molecule has 3 nitrogen and oxygen atoms in total. The molecule has 0 spiro atoms. The van der Waals surface area contributed by atoms with Crippen LogP contribution >= 0.6 is 0 Å². The highest BCUT2D eigenvalue weighted by molar-refractivity contribution is 5.94. The van der Waals surface area contributed by atoms with Gasteiger partial charge in [-0.1, -0.05) is 27.7 Å². The molecule has 1 aromatic rings. The molecule has 1 rings (SSSR count). The summed E-state index contributed by atoms with van der Waals surface area (Å²) in [5.41, 5.74) is 1.80. The van der Waals surface area contributed by atoms with E-state index in [9.17, 15) is 4.79 Å². The molecule has 1 aromatic heterocycles. The molecule has 0 saturated heterocycles. The monoisotopic (exact) mass is 248 g/mol. The molecule has 1 atom stereocenters. The molecular weight excluding hydrogens is 224 g/mol. The van der Waals surface area contributed by atoms with Crippen molar-refractivity contribution in [2.45, 2.75) is 47.1 Å². The van der Waals surface area contributed by atoms with E-state index in [2.05, 4.69) is 44.6 Å². The summed E-state index contributed by atoms with van der Waals surface area (Å²) in [5.74, 6) is 0.0908. The number of ketones is 1. The summed E-state index contributed by atoms with van der Waals surface area (Å²) in [6.07, 6.45) is 2.28. The first kappa shape index (κ1) is 14.7. The van der Waals surface area contributed by atoms with Crippen molar-refractivity contribution in [3.63, 3.8) is 0 Å². The molecule has 3 heteroatoms. The van der Waals surface area contributed by atoms with Gasteiger partial charge >= 0.3 is 0 Å². The summed E-state index contributed by atoms with van der Waals surface area (Å²) in [4.78, 5) is 18.0. The minimum atomic E-state index is 0.0908. The number of carbonyl (C=O) groups excluding carboxylic acids is 1. The third-order valence-corrected chi connectivity index (χ3v) is 3.60. The van der Waals surface area contributed by atoms with Gasteiger partial charge in [-0.15, -0.1) is 0 Å². The number of Topliss-reactive ketones (excluding diaryl/α,β-unsaturated/α-hetero) is 1. The van der Waals surface area contributed by atoms with Crippen molar-refractivity contribution in [3.05, 3.63) is 24.0 Å². The lowest BCUT2D eigenvalue weighted by atomic mass is 9.87. The number of aromatic nitrogens is 1. The van der Waals surface area contributed by atoms with Crippen molar-refractivity contribution in [1.29, 1.82) is 0 Å². The highest BCUT2D eigenvalue weighted by atomic mass is 16.1. The Morgan fingerprint density at radius 2 is 2.00 bits per heavy atom. The van der Waals surface area contributed by atoms with E-state index < -0.39 is 0 Å². The summed E-state index contributed by atoms with van der Waals surface area (Å²) in [6, 6.07) is 4.18. The van der Waals surface area contributed by atoms with Gasteiger partial charge in [0.25, 0.3) is 0 Å². The zero-order valence-corrected chi connectivity index (χ0v) is 12.3. The van der Waals surface area contributed by atoms with Crippen LogP contribution in [0.3, 0.4) is 0 Å². The molecular formula is C15H24N2O. The molecule has 0 aliphatic heterocycles. The average molecular weight is 248 g/mol. The maximum atomic E-state index is 11.5. The molecule has 18 heavy (non-hydrogen) atoms. The second-order valence-corrected chi connectivity index (χ2v) is 5.83. The van der Waals surface area contributed by atoms with Crippen molar-refractivity contribution >= 4 is 11.5 Å². The Bertz CT molecular complexity index is 403. The third kappa shape index (κ3) is 3.31. The first-order valence-electron chi connectivity index (χ1n) is 6.49. The van der Waals surface area contributed by atoms with E-state index >= 15 is 0 Å². The number of rotatable bonds is 4. The van der Waals surface area contributed by atoms with Crippen LogP contribution in [0.2, 0.25) is 0 Å². The molecule has 0 aliphatic rings. The predicted molar refractivity (Wildman–Crippen MR) is 76.2 cm³/mol. The maximum Gasteiger partial charge on any atom is 0.180 e. The Labute approximate surface area is 110 Å². The van der Waals surface area contributed by atoms with Gasteiger partial charge in [0.2, 0.25) is 0 Å². The molecule has 1 heterocycles. The fraction of sp³-hybridized carbons (Fsp3) is 0.600. The lowest BCUT2D eigenvalue weighted by Crippen LogP contribution is -2.39. The van der Waals surface area contributed by atoms with Crippen LogP contribution in [-0.2, 0) is 0 Å². The van der Waals surface area contributed by atoms with Gasteiger partial charge in [-0.3, -0.25) is 9.78 Å². The lowest BCUT2D eigenvalue weighted by molar-refractivity contribution is 0.0983. The first-order valence-corrected chi connectivity index (χ1v) is 6.49. The summed E-state index contributed by atoms with van der Waals surface area (Å²) < 4.78 is 0. The smallest absolute Gasteiger partial charge is 0.180 e. The van der Waals surface area contributed by atoms with Crippen LogP contribution in [0.5, 0.6) is 0 Å². The Kier molecular flexibility index (Phi) is 4.49. The minimum Gasteiger partial charge on any atom is -0.370 e. The van der Waals surface area contributed by atoms with Crippen molar-refractivity contribution in [1.82, 2.24) is 4.98 Å². The van der Waals surface area contributed by atoms with Crippen LogP contribution in [0.1, 0.15) is 51.5 Å². The molecule has 1 unspecified atom stereocenters. The minimum absolute atomic E-state index is 0.0908. The van der Waals surface area contributed by atoms with Crippen LogP contribution < -0.4 is 4.90 Å². The Hall–Kier alpha value is -1.38. The summed E-state index contributed by atoms with van der Waals surface area (Å²) in [7, 11) is 2.06. The zero-order valence-electron chi connectivity index (χ0n) is 12.3. The van der Waals surface area contributed by atoms with Gasteiger partial charge < -0.3 is 4.90 Å². The number of hydrogen-bond donors (Lipinski definition) is 0. The van der Waals surface area contributed by atoms with Crippen molar-refractivity contribution < 1.29 is 4.79 Å². The van der Waals surface area contributed by atoms with Crippen LogP contribution in [0, 0.1) is 5.41 Å². The first-order chi connectivity index (χ1) is 8.27. The SMILES string of the molecule is CCC(=O)c1ccc(N(C)C(C)C(C)(C)C)cn1. The summed E-state index contributed by atoms with van der Waals surface area (Å²) >= 11 is 0. The van der Waals surface area contributed by atoms with E-state index in [1.165, 1.54) is 0 Å². The van der Waals surface area contributed by atoms with Crippen molar-refractivity contribution in [2.75, 3.05) is 11.9 Å². The number of pyridine rings is 1. The van der Waals surface area contributed by atoms with Crippen LogP contribution in [0.4, 0.5) is 5.69 Å². The predicted octanol–water partition coefficient (Wildman–Crippen LogP) is 3.55. The largest absolute Gasteiger partial charge is 0.370 e. The van der Waals surface area contributed by atoms with Gasteiger partial charge in [-0.05, 0) is 24.5 Å². The summed E-state index contributed by atoms with van der Waals surface area (Å²) in [6.45, 7) is 10.7. The van der Waals surface area contributed by atoms with E-state index in [1.54, 1.807) is 6.20 Å². The van der Waals surface area contributed by atoms with Crippen molar-refractivity contribution in [2.24, 2.45) is 5.41 Å². The Morgan fingerprint density at radius 1 is 1.39 bits per heavy atom. The Morgan fingerprint density at radius 3 is 2.39 bits per heavy atom. The van der Waals surface area contributed by atoms with Gasteiger partial charge in [0, 0.05) is 19.5 Å². The highest BCUT2D eigenvalue weighted by Crippen LogP contribution is 2.26. The number of carbonyl (C=O) groups is 1. The van der Waals surface area contributed by atoms with Gasteiger partial charge in [0.05, 0.1) is 11.9 Å².